The van der Waals surface area contributed by atoms with Gasteiger partial charge in [0.05, 0.1) is 0 Å². The van der Waals surface area contributed by atoms with Crippen molar-refractivity contribution in [1.82, 2.24) is 4.90 Å². The van der Waals surface area contributed by atoms with Crippen LogP contribution in [0.2, 0.25) is 0 Å². The molecule has 0 aliphatic carbocycles. The molecule has 0 N–H and O–H groups in total. The van der Waals surface area contributed by atoms with Crippen molar-refractivity contribution in [2.45, 2.75) is 26.0 Å². The van der Waals surface area contributed by atoms with Crippen molar-refractivity contribution in [2.75, 3.05) is 13.1 Å². The summed E-state index contributed by atoms with van der Waals surface area (Å²) in [5.74, 6) is 0.886. The molecule has 0 saturated carbocycles. The minimum atomic E-state index is 0.491. The molecule has 18 heavy (non-hydrogen) atoms. The van der Waals surface area contributed by atoms with Gasteiger partial charge in [0.2, 0.25) is 0 Å². The molecular formula is C14H19NOS2. The van der Waals surface area contributed by atoms with Crippen molar-refractivity contribution >= 4 is 34.6 Å². The third-order valence-corrected chi connectivity index (χ3v) is 4.32. The van der Waals surface area contributed by atoms with Crippen LogP contribution >= 0.6 is 24.0 Å². The van der Waals surface area contributed by atoms with Gasteiger partial charge in [0.1, 0.15) is 10.6 Å². The number of carbonyl (C=O) groups is 1. The number of benzene rings is 1. The van der Waals surface area contributed by atoms with Crippen LogP contribution in [-0.4, -0.2) is 28.6 Å². The van der Waals surface area contributed by atoms with Crippen molar-refractivity contribution in [3.63, 3.8) is 0 Å². The average Bonchev–Trinajstić information content (AvgIpc) is 2.40. The Balaban J connectivity index is 2.48. The molecular weight excluding hydrogens is 262 g/mol. The van der Waals surface area contributed by atoms with Crippen LogP contribution in [0.25, 0.3) is 0 Å². The normalized spacial score (nSPS) is 10.1. The Kier molecular flexibility index (Phi) is 6.98. The first-order chi connectivity index (χ1) is 8.71. The van der Waals surface area contributed by atoms with Crippen molar-refractivity contribution in [3.8, 4) is 0 Å². The smallest absolute Gasteiger partial charge is 0.136 e. The summed E-state index contributed by atoms with van der Waals surface area (Å²) < 4.78 is 0.956. The topological polar surface area (TPSA) is 20.3 Å². The minimum Gasteiger partial charge on any atom is -0.358 e. The summed E-state index contributed by atoms with van der Waals surface area (Å²) in [7, 11) is 0. The zero-order valence-electron chi connectivity index (χ0n) is 10.9. The van der Waals surface area contributed by atoms with Gasteiger partial charge in [-0.1, -0.05) is 48.2 Å². The highest BCUT2D eigenvalue weighted by atomic mass is 32.2. The molecule has 1 aromatic carbocycles. The van der Waals surface area contributed by atoms with Gasteiger partial charge >= 0.3 is 0 Å². The highest BCUT2D eigenvalue weighted by Crippen LogP contribution is 2.17. The Hall–Kier alpha value is -0.870. The van der Waals surface area contributed by atoms with Crippen molar-refractivity contribution in [2.24, 2.45) is 0 Å². The zero-order valence-corrected chi connectivity index (χ0v) is 12.5. The molecule has 98 valence electrons. The Morgan fingerprint density at radius 1 is 1.22 bits per heavy atom. The first kappa shape index (κ1) is 15.2. The van der Waals surface area contributed by atoms with Crippen molar-refractivity contribution < 1.29 is 4.79 Å². The number of carbonyl (C=O) groups excluding carboxylic acids is 1. The summed E-state index contributed by atoms with van der Waals surface area (Å²) in [6.45, 7) is 6.15. The zero-order chi connectivity index (χ0) is 13.4. The largest absolute Gasteiger partial charge is 0.358 e. The number of nitrogens with zero attached hydrogens (tertiary/aromatic N) is 1. The highest BCUT2D eigenvalue weighted by molar-refractivity contribution is 8.22. The number of aldehydes is 1. The molecule has 0 bridgehead atoms. The molecule has 0 heterocycles. The first-order valence-corrected chi connectivity index (χ1v) is 7.53. The summed E-state index contributed by atoms with van der Waals surface area (Å²) in [4.78, 5) is 12.6. The van der Waals surface area contributed by atoms with Gasteiger partial charge in [-0.25, -0.2) is 0 Å². The van der Waals surface area contributed by atoms with E-state index in [1.54, 1.807) is 11.8 Å². The number of hydrogen-bond donors (Lipinski definition) is 0. The lowest BCUT2D eigenvalue weighted by atomic mass is 10.1. The average molecular weight is 281 g/mol. The third kappa shape index (κ3) is 4.78. The third-order valence-electron chi connectivity index (χ3n) is 2.73. The summed E-state index contributed by atoms with van der Waals surface area (Å²) >= 11 is 7.08. The molecule has 4 heteroatoms. The van der Waals surface area contributed by atoms with Crippen LogP contribution in [0.4, 0.5) is 0 Å². The van der Waals surface area contributed by atoms with Crippen LogP contribution in [-0.2, 0) is 17.0 Å². The number of hydrogen-bond acceptors (Lipinski definition) is 3. The van der Waals surface area contributed by atoms with E-state index in [0.29, 0.717) is 6.42 Å². The molecule has 0 fully saturated rings. The van der Waals surface area contributed by atoms with Gasteiger partial charge in [0.25, 0.3) is 0 Å². The van der Waals surface area contributed by atoms with Gasteiger partial charge in [-0.15, -0.1) is 0 Å². The van der Waals surface area contributed by atoms with E-state index in [1.165, 1.54) is 5.56 Å². The van der Waals surface area contributed by atoms with Gasteiger partial charge in [-0.05, 0) is 25.0 Å². The van der Waals surface area contributed by atoms with Gasteiger partial charge < -0.3 is 9.69 Å². The standard InChI is InChI=1S/C14H19NOS2/c1-3-15(4-2)14(17)18-11-13-7-5-12(6-8-13)9-10-16/h5-8,10H,3-4,9,11H2,1-2H3. The molecule has 0 saturated heterocycles. The molecule has 0 amide bonds. The lowest BCUT2D eigenvalue weighted by molar-refractivity contribution is -0.107. The molecule has 0 aromatic heterocycles. The summed E-state index contributed by atoms with van der Waals surface area (Å²) in [6, 6.07) is 8.14. The summed E-state index contributed by atoms with van der Waals surface area (Å²) in [5.41, 5.74) is 2.30. The van der Waals surface area contributed by atoms with Crippen LogP contribution in [0, 0.1) is 0 Å². The number of thioether (sulfide) groups is 1. The molecule has 1 rings (SSSR count). The van der Waals surface area contributed by atoms with Crippen LogP contribution in [0.1, 0.15) is 25.0 Å². The monoisotopic (exact) mass is 281 g/mol. The minimum absolute atomic E-state index is 0.491. The van der Waals surface area contributed by atoms with E-state index >= 15 is 0 Å². The lowest BCUT2D eigenvalue weighted by Crippen LogP contribution is -2.26. The molecule has 0 aliphatic heterocycles. The molecule has 0 aliphatic rings. The molecule has 0 atom stereocenters. The van der Waals surface area contributed by atoms with Gasteiger partial charge in [-0.2, -0.15) is 0 Å². The summed E-state index contributed by atoms with van der Waals surface area (Å²) in [6.07, 6.45) is 1.42. The quantitative estimate of drug-likeness (QED) is 0.589. The maximum Gasteiger partial charge on any atom is 0.136 e. The fourth-order valence-electron chi connectivity index (χ4n) is 1.59. The van der Waals surface area contributed by atoms with E-state index in [0.717, 1.165) is 35.0 Å². The molecule has 2 nitrogen and oxygen atoms in total. The van der Waals surface area contributed by atoms with Crippen LogP contribution in [0.5, 0.6) is 0 Å². The summed E-state index contributed by atoms with van der Waals surface area (Å²) in [5, 5.41) is 0. The fourth-order valence-corrected chi connectivity index (χ4v) is 2.94. The predicted octanol–water partition coefficient (Wildman–Crippen LogP) is 3.29. The maximum atomic E-state index is 10.4. The van der Waals surface area contributed by atoms with Crippen molar-refractivity contribution in [3.05, 3.63) is 35.4 Å². The van der Waals surface area contributed by atoms with E-state index in [4.69, 9.17) is 12.2 Å². The van der Waals surface area contributed by atoms with Crippen LogP contribution < -0.4 is 0 Å². The van der Waals surface area contributed by atoms with E-state index < -0.39 is 0 Å². The molecule has 1 aromatic rings. The molecule has 0 spiro atoms. The van der Waals surface area contributed by atoms with Crippen LogP contribution in [0.3, 0.4) is 0 Å². The van der Waals surface area contributed by atoms with Crippen molar-refractivity contribution in [1.29, 1.82) is 0 Å². The second-order valence-electron chi connectivity index (χ2n) is 3.91. The Morgan fingerprint density at radius 2 is 1.78 bits per heavy atom. The van der Waals surface area contributed by atoms with Gasteiger partial charge in [0, 0.05) is 25.3 Å². The van der Waals surface area contributed by atoms with E-state index in [-0.39, 0.29) is 0 Å². The van der Waals surface area contributed by atoms with Crippen LogP contribution in [0.15, 0.2) is 24.3 Å². The number of thiocarbonyl (C=S) groups is 1. The van der Waals surface area contributed by atoms with Gasteiger partial charge in [-0.3, -0.25) is 0 Å². The first-order valence-electron chi connectivity index (χ1n) is 6.14. The highest BCUT2D eigenvalue weighted by Gasteiger charge is 2.05. The molecule has 0 radical (unpaired) electrons. The second-order valence-corrected chi connectivity index (χ2v) is 5.52. The fraction of sp³-hybridized carbons (Fsp3) is 0.429. The SMILES string of the molecule is CCN(CC)C(=S)SCc1ccc(CC=O)cc1. The second kappa shape index (κ2) is 8.27. The number of rotatable bonds is 6. The maximum absolute atomic E-state index is 10.4. The van der Waals surface area contributed by atoms with E-state index in [2.05, 4.69) is 30.9 Å². The predicted molar refractivity (Wildman–Crippen MR) is 83.0 cm³/mol. The molecule has 0 unspecified atom stereocenters. The lowest BCUT2D eigenvalue weighted by Gasteiger charge is -2.20. The Labute approximate surface area is 119 Å². The van der Waals surface area contributed by atoms with Gasteiger partial charge in [0.15, 0.2) is 0 Å². The Morgan fingerprint density at radius 3 is 2.28 bits per heavy atom. The van der Waals surface area contributed by atoms with E-state index in [1.807, 2.05) is 12.1 Å². The van der Waals surface area contributed by atoms with E-state index in [9.17, 15) is 4.79 Å². The Bertz CT molecular complexity index is 385.